The van der Waals surface area contributed by atoms with Crippen LogP contribution in [-0.4, -0.2) is 26.5 Å². The second-order valence-corrected chi connectivity index (χ2v) is 6.19. The normalized spacial score (nSPS) is 10.9. The van der Waals surface area contributed by atoms with Gasteiger partial charge in [0.25, 0.3) is 0 Å². The molecule has 1 rings (SSSR count). The SMILES string of the molecule is CCCS(=O)(=O)CCNc1ccc(F)c(C#N)c1. The molecule has 98 valence electrons. The molecule has 0 fully saturated rings. The molecule has 1 aromatic rings. The van der Waals surface area contributed by atoms with E-state index in [0.29, 0.717) is 12.1 Å². The molecule has 1 N–H and O–H groups in total. The third-order valence-corrected chi connectivity index (χ3v) is 4.20. The van der Waals surface area contributed by atoms with E-state index in [9.17, 15) is 12.8 Å². The van der Waals surface area contributed by atoms with Gasteiger partial charge in [-0.2, -0.15) is 5.26 Å². The van der Waals surface area contributed by atoms with Crippen molar-refractivity contribution < 1.29 is 12.8 Å². The number of nitrogens with zero attached hydrogens (tertiary/aromatic N) is 1. The molecule has 0 atom stereocenters. The number of halogens is 1. The Hall–Kier alpha value is -1.61. The maximum absolute atomic E-state index is 13.0. The van der Waals surface area contributed by atoms with E-state index in [1.165, 1.54) is 18.2 Å². The van der Waals surface area contributed by atoms with Gasteiger partial charge in [-0.25, -0.2) is 12.8 Å². The number of benzene rings is 1. The lowest BCUT2D eigenvalue weighted by molar-refractivity contribution is 0.595. The highest BCUT2D eigenvalue weighted by molar-refractivity contribution is 7.91. The van der Waals surface area contributed by atoms with Crippen LogP contribution in [0.4, 0.5) is 10.1 Å². The molecule has 0 heterocycles. The first-order valence-corrected chi connectivity index (χ1v) is 7.44. The highest BCUT2D eigenvalue weighted by Crippen LogP contribution is 2.13. The molecule has 6 heteroatoms. The monoisotopic (exact) mass is 270 g/mol. The zero-order valence-electron chi connectivity index (χ0n) is 10.1. The van der Waals surface area contributed by atoms with Crippen LogP contribution in [0.2, 0.25) is 0 Å². The van der Waals surface area contributed by atoms with Crippen molar-refractivity contribution in [3.63, 3.8) is 0 Å². The minimum Gasteiger partial charge on any atom is -0.384 e. The highest BCUT2D eigenvalue weighted by Gasteiger charge is 2.09. The summed E-state index contributed by atoms with van der Waals surface area (Å²) in [7, 11) is -3.03. The molecule has 0 aliphatic carbocycles. The van der Waals surface area contributed by atoms with Crippen LogP contribution in [-0.2, 0) is 9.84 Å². The van der Waals surface area contributed by atoms with Crippen LogP contribution in [0.3, 0.4) is 0 Å². The highest BCUT2D eigenvalue weighted by atomic mass is 32.2. The summed E-state index contributed by atoms with van der Waals surface area (Å²) in [6.45, 7) is 2.06. The van der Waals surface area contributed by atoms with E-state index in [-0.39, 0.29) is 23.6 Å². The predicted octanol–water partition coefficient (Wildman–Crippen LogP) is 1.93. The molecule has 0 aromatic heterocycles. The Kier molecular flexibility index (Phi) is 5.10. The summed E-state index contributed by atoms with van der Waals surface area (Å²) in [5.74, 6) is -0.386. The summed E-state index contributed by atoms with van der Waals surface area (Å²) in [6.07, 6.45) is 0.595. The van der Waals surface area contributed by atoms with Gasteiger partial charge in [-0.05, 0) is 24.6 Å². The van der Waals surface area contributed by atoms with E-state index >= 15 is 0 Å². The lowest BCUT2D eigenvalue weighted by Crippen LogP contribution is -2.18. The molecule has 0 aliphatic rings. The fourth-order valence-electron chi connectivity index (χ4n) is 1.48. The van der Waals surface area contributed by atoms with Gasteiger partial charge in [0, 0.05) is 18.0 Å². The number of hydrogen-bond donors (Lipinski definition) is 1. The third kappa shape index (κ3) is 4.34. The van der Waals surface area contributed by atoms with Crippen LogP contribution >= 0.6 is 0 Å². The number of hydrogen-bond acceptors (Lipinski definition) is 4. The second-order valence-electron chi connectivity index (χ2n) is 3.89. The molecule has 0 radical (unpaired) electrons. The standard InChI is InChI=1S/C12H15FN2O2S/c1-2-6-18(16,17)7-5-15-11-3-4-12(13)10(8-11)9-14/h3-4,8,15H,2,5-7H2,1H3. The summed E-state index contributed by atoms with van der Waals surface area (Å²) < 4.78 is 35.9. The molecular formula is C12H15FN2O2S. The molecule has 18 heavy (non-hydrogen) atoms. The predicted molar refractivity (Wildman–Crippen MR) is 68.5 cm³/mol. The molecule has 0 aliphatic heterocycles. The molecule has 1 aromatic carbocycles. The van der Waals surface area contributed by atoms with Crippen LogP contribution in [0.15, 0.2) is 18.2 Å². The average Bonchev–Trinajstić information content (AvgIpc) is 2.31. The molecular weight excluding hydrogens is 255 g/mol. The van der Waals surface area contributed by atoms with Crippen LogP contribution < -0.4 is 5.32 Å². The fraction of sp³-hybridized carbons (Fsp3) is 0.417. The first kappa shape index (κ1) is 14.5. The van der Waals surface area contributed by atoms with Crippen LogP contribution in [0, 0.1) is 17.1 Å². The van der Waals surface area contributed by atoms with E-state index in [4.69, 9.17) is 5.26 Å². The van der Waals surface area contributed by atoms with E-state index < -0.39 is 15.7 Å². The molecule has 0 saturated heterocycles. The topological polar surface area (TPSA) is 70.0 Å². The average molecular weight is 270 g/mol. The van der Waals surface area contributed by atoms with Gasteiger partial charge in [0.05, 0.1) is 11.3 Å². The van der Waals surface area contributed by atoms with Crippen molar-refractivity contribution in [1.82, 2.24) is 0 Å². The van der Waals surface area contributed by atoms with Gasteiger partial charge in [0.1, 0.15) is 11.9 Å². The van der Waals surface area contributed by atoms with E-state index in [1.54, 1.807) is 6.07 Å². The summed E-state index contributed by atoms with van der Waals surface area (Å²) in [5, 5.41) is 11.5. The van der Waals surface area contributed by atoms with Crippen LogP contribution in [0.5, 0.6) is 0 Å². The summed E-state index contributed by atoms with van der Waals surface area (Å²) in [6, 6.07) is 5.75. The van der Waals surface area contributed by atoms with Gasteiger partial charge >= 0.3 is 0 Å². The van der Waals surface area contributed by atoms with Gasteiger partial charge in [-0.3, -0.25) is 0 Å². The third-order valence-electron chi connectivity index (χ3n) is 2.34. The first-order chi connectivity index (χ1) is 8.48. The van der Waals surface area contributed by atoms with Gasteiger partial charge < -0.3 is 5.32 Å². The maximum Gasteiger partial charge on any atom is 0.152 e. The molecule has 0 bridgehead atoms. The Morgan fingerprint density at radius 1 is 1.39 bits per heavy atom. The van der Waals surface area contributed by atoms with Crippen molar-refractivity contribution in [2.75, 3.05) is 23.4 Å². The first-order valence-electron chi connectivity index (χ1n) is 5.62. The lowest BCUT2D eigenvalue weighted by Gasteiger charge is -2.07. The Labute approximate surface area is 106 Å². The smallest absolute Gasteiger partial charge is 0.152 e. The van der Waals surface area contributed by atoms with Crippen molar-refractivity contribution in [3.05, 3.63) is 29.6 Å². The summed E-state index contributed by atoms with van der Waals surface area (Å²) in [5.41, 5.74) is 0.482. The Morgan fingerprint density at radius 3 is 2.72 bits per heavy atom. The molecule has 0 saturated carbocycles. The zero-order chi connectivity index (χ0) is 13.6. The molecule has 0 unspecified atom stereocenters. The van der Waals surface area contributed by atoms with Crippen molar-refractivity contribution in [2.24, 2.45) is 0 Å². The number of rotatable bonds is 6. The van der Waals surface area contributed by atoms with Crippen molar-refractivity contribution >= 4 is 15.5 Å². The van der Waals surface area contributed by atoms with Crippen LogP contribution in [0.1, 0.15) is 18.9 Å². The van der Waals surface area contributed by atoms with Gasteiger partial charge in [-0.1, -0.05) is 6.92 Å². The minimum atomic E-state index is -3.03. The Morgan fingerprint density at radius 2 is 2.11 bits per heavy atom. The number of anilines is 1. The maximum atomic E-state index is 13.0. The Balaban J connectivity index is 2.58. The second kappa shape index (κ2) is 6.36. The number of nitriles is 1. The van der Waals surface area contributed by atoms with Gasteiger partial charge in [0.15, 0.2) is 9.84 Å². The van der Waals surface area contributed by atoms with Crippen LogP contribution in [0.25, 0.3) is 0 Å². The number of nitrogens with one attached hydrogen (secondary N) is 1. The number of sulfone groups is 1. The molecule has 0 amide bonds. The fourth-order valence-corrected chi connectivity index (χ4v) is 2.72. The van der Waals surface area contributed by atoms with E-state index in [0.717, 1.165) is 0 Å². The van der Waals surface area contributed by atoms with Crippen molar-refractivity contribution in [2.45, 2.75) is 13.3 Å². The van der Waals surface area contributed by atoms with Crippen molar-refractivity contribution in [1.29, 1.82) is 5.26 Å². The molecule has 4 nitrogen and oxygen atoms in total. The summed E-state index contributed by atoms with van der Waals surface area (Å²) in [4.78, 5) is 0. The molecule has 0 spiro atoms. The lowest BCUT2D eigenvalue weighted by atomic mass is 10.2. The minimum absolute atomic E-state index is 0.0279. The van der Waals surface area contributed by atoms with E-state index in [2.05, 4.69) is 5.32 Å². The Bertz CT molecular complexity index is 550. The quantitative estimate of drug-likeness (QED) is 0.857. The van der Waals surface area contributed by atoms with Gasteiger partial charge in [0.2, 0.25) is 0 Å². The zero-order valence-corrected chi connectivity index (χ0v) is 10.9. The van der Waals surface area contributed by atoms with Crippen molar-refractivity contribution in [3.8, 4) is 6.07 Å². The van der Waals surface area contributed by atoms with Gasteiger partial charge in [-0.15, -0.1) is 0 Å². The summed E-state index contributed by atoms with van der Waals surface area (Å²) >= 11 is 0. The largest absolute Gasteiger partial charge is 0.384 e. The van der Waals surface area contributed by atoms with E-state index in [1.807, 2.05) is 6.92 Å².